The van der Waals surface area contributed by atoms with Crippen LogP contribution in [0.5, 0.6) is 0 Å². The molecular weight excluding hydrogens is 168 g/mol. The molecule has 0 aromatic rings. The Morgan fingerprint density at radius 3 is 2.25 bits per heavy atom. The standard InChI is InChI=1S/C6H10O6/c7-1-3(9)5(11)6(12)4(10)2-8/h1,4,6-10,12H,2H2. The summed E-state index contributed by atoms with van der Waals surface area (Å²) >= 11 is 0. The predicted octanol–water partition coefficient (Wildman–Crippen LogP) is -1.77. The molecule has 0 amide bonds. The first kappa shape index (κ1) is 10.9. The van der Waals surface area contributed by atoms with E-state index in [1.807, 2.05) is 0 Å². The fourth-order valence-electron chi connectivity index (χ4n) is 0.490. The van der Waals surface area contributed by atoms with Gasteiger partial charge in [0.05, 0.1) is 6.61 Å². The quantitative estimate of drug-likeness (QED) is 0.257. The van der Waals surface area contributed by atoms with Gasteiger partial charge in [0.25, 0.3) is 0 Å². The molecular formula is C6H10O6. The lowest BCUT2D eigenvalue weighted by atomic mass is 10.1. The van der Waals surface area contributed by atoms with Crippen molar-refractivity contribution in [3.05, 3.63) is 12.0 Å². The van der Waals surface area contributed by atoms with E-state index in [9.17, 15) is 4.79 Å². The lowest BCUT2D eigenvalue weighted by Gasteiger charge is -2.12. The highest BCUT2D eigenvalue weighted by atomic mass is 16.4. The Bertz CT molecular complexity index is 186. The van der Waals surface area contributed by atoms with Gasteiger partial charge in [-0.25, -0.2) is 0 Å². The number of ketones is 1. The van der Waals surface area contributed by atoms with Gasteiger partial charge in [0, 0.05) is 0 Å². The zero-order valence-electron chi connectivity index (χ0n) is 6.08. The lowest BCUT2D eigenvalue weighted by molar-refractivity contribution is -0.133. The van der Waals surface area contributed by atoms with Gasteiger partial charge in [-0.3, -0.25) is 4.79 Å². The van der Waals surface area contributed by atoms with Gasteiger partial charge in [0.15, 0.2) is 5.76 Å². The van der Waals surface area contributed by atoms with Gasteiger partial charge in [0.1, 0.15) is 18.5 Å². The van der Waals surface area contributed by atoms with Crippen molar-refractivity contribution in [1.82, 2.24) is 0 Å². The van der Waals surface area contributed by atoms with Crippen molar-refractivity contribution in [2.75, 3.05) is 6.61 Å². The van der Waals surface area contributed by atoms with Crippen molar-refractivity contribution in [2.45, 2.75) is 12.2 Å². The highest BCUT2D eigenvalue weighted by Crippen LogP contribution is 2.00. The van der Waals surface area contributed by atoms with Crippen LogP contribution in [-0.2, 0) is 4.79 Å². The van der Waals surface area contributed by atoms with Crippen molar-refractivity contribution >= 4 is 5.78 Å². The molecule has 0 aromatic heterocycles. The third-order valence-electron chi connectivity index (χ3n) is 1.19. The molecule has 0 saturated heterocycles. The summed E-state index contributed by atoms with van der Waals surface area (Å²) in [6, 6.07) is 0. The van der Waals surface area contributed by atoms with Crippen LogP contribution in [0.1, 0.15) is 0 Å². The van der Waals surface area contributed by atoms with Crippen LogP contribution in [0.3, 0.4) is 0 Å². The maximum Gasteiger partial charge on any atom is 0.231 e. The molecule has 0 spiro atoms. The third-order valence-corrected chi connectivity index (χ3v) is 1.19. The number of carbonyl (C=O) groups is 1. The first-order valence-corrected chi connectivity index (χ1v) is 3.09. The van der Waals surface area contributed by atoms with Crippen molar-refractivity contribution < 1.29 is 30.3 Å². The molecule has 0 radical (unpaired) electrons. The van der Waals surface area contributed by atoms with Gasteiger partial charge >= 0.3 is 0 Å². The number of hydrogen-bond donors (Lipinski definition) is 5. The minimum absolute atomic E-state index is 0.0929. The Morgan fingerprint density at radius 2 is 1.92 bits per heavy atom. The Morgan fingerprint density at radius 1 is 1.42 bits per heavy atom. The number of Topliss-reactive ketones (excluding diaryl/α,β-unsaturated/α-hetero) is 1. The molecule has 0 aromatic carbocycles. The minimum atomic E-state index is -1.93. The van der Waals surface area contributed by atoms with Crippen LogP contribution in [-0.4, -0.2) is 50.1 Å². The van der Waals surface area contributed by atoms with Crippen LogP contribution < -0.4 is 0 Å². The first-order valence-electron chi connectivity index (χ1n) is 3.09. The maximum atomic E-state index is 10.7. The summed E-state index contributed by atoms with van der Waals surface area (Å²) in [4.78, 5) is 10.7. The topological polar surface area (TPSA) is 118 Å². The zero-order valence-corrected chi connectivity index (χ0v) is 6.08. The molecule has 0 aliphatic heterocycles. The summed E-state index contributed by atoms with van der Waals surface area (Å²) in [6.45, 7) is -0.814. The van der Waals surface area contributed by atoms with E-state index < -0.39 is 30.4 Å². The molecule has 6 nitrogen and oxygen atoms in total. The van der Waals surface area contributed by atoms with E-state index in [2.05, 4.69) is 0 Å². The van der Waals surface area contributed by atoms with Crippen LogP contribution in [0.4, 0.5) is 0 Å². The van der Waals surface area contributed by atoms with E-state index in [0.29, 0.717) is 0 Å². The zero-order chi connectivity index (χ0) is 9.72. The maximum absolute atomic E-state index is 10.7. The molecule has 0 fully saturated rings. The average molecular weight is 178 g/mol. The molecule has 0 aliphatic rings. The largest absolute Gasteiger partial charge is 0.512 e. The normalized spacial score (nSPS) is 17.1. The number of rotatable bonds is 4. The second-order valence-electron chi connectivity index (χ2n) is 2.07. The Labute approximate surface area is 68.0 Å². The average Bonchev–Trinajstić information content (AvgIpc) is 2.12. The fourth-order valence-corrected chi connectivity index (χ4v) is 0.490. The van der Waals surface area contributed by atoms with Crippen molar-refractivity contribution in [3.63, 3.8) is 0 Å². The first-order chi connectivity index (χ1) is 5.54. The molecule has 5 N–H and O–H groups in total. The van der Waals surface area contributed by atoms with Gasteiger partial charge in [-0.2, -0.15) is 0 Å². The molecule has 2 atom stereocenters. The van der Waals surface area contributed by atoms with E-state index in [4.69, 9.17) is 25.5 Å². The van der Waals surface area contributed by atoms with E-state index in [1.165, 1.54) is 0 Å². The van der Waals surface area contributed by atoms with E-state index in [-0.39, 0.29) is 6.26 Å². The number of hydrogen-bond acceptors (Lipinski definition) is 6. The van der Waals surface area contributed by atoms with Gasteiger partial charge in [-0.1, -0.05) is 0 Å². The molecule has 6 heteroatoms. The van der Waals surface area contributed by atoms with Crippen molar-refractivity contribution in [3.8, 4) is 0 Å². The monoisotopic (exact) mass is 178 g/mol. The molecule has 12 heavy (non-hydrogen) atoms. The van der Waals surface area contributed by atoms with Crippen LogP contribution in [0.15, 0.2) is 12.0 Å². The summed E-state index contributed by atoms with van der Waals surface area (Å²) in [5.41, 5.74) is 0. The highest BCUT2D eigenvalue weighted by molar-refractivity contribution is 5.96. The minimum Gasteiger partial charge on any atom is -0.512 e. The van der Waals surface area contributed by atoms with Crippen LogP contribution in [0, 0.1) is 0 Å². The van der Waals surface area contributed by atoms with Crippen molar-refractivity contribution in [1.29, 1.82) is 0 Å². The second kappa shape index (κ2) is 4.70. The molecule has 0 aliphatic carbocycles. The third kappa shape index (κ3) is 2.50. The smallest absolute Gasteiger partial charge is 0.231 e. The van der Waals surface area contributed by atoms with E-state index in [0.717, 1.165) is 0 Å². The Hall–Kier alpha value is -1.11. The molecule has 0 bridgehead atoms. The van der Waals surface area contributed by atoms with Crippen molar-refractivity contribution in [2.24, 2.45) is 0 Å². The Balaban J connectivity index is 4.29. The second-order valence-corrected chi connectivity index (χ2v) is 2.07. The van der Waals surface area contributed by atoms with E-state index in [1.54, 1.807) is 0 Å². The lowest BCUT2D eigenvalue weighted by Crippen LogP contribution is -2.37. The van der Waals surface area contributed by atoms with Crippen LogP contribution >= 0.6 is 0 Å². The van der Waals surface area contributed by atoms with Crippen LogP contribution in [0.25, 0.3) is 0 Å². The SMILES string of the molecule is O=C(C(O)=CO)C(O)C(O)CO. The highest BCUT2D eigenvalue weighted by Gasteiger charge is 2.26. The van der Waals surface area contributed by atoms with Gasteiger partial charge < -0.3 is 25.5 Å². The number of aliphatic hydroxyl groups excluding tert-OH is 5. The van der Waals surface area contributed by atoms with Gasteiger partial charge in [0.2, 0.25) is 5.78 Å². The van der Waals surface area contributed by atoms with E-state index >= 15 is 0 Å². The Kier molecular flexibility index (Phi) is 4.27. The van der Waals surface area contributed by atoms with Gasteiger partial charge in [-0.05, 0) is 0 Å². The predicted molar refractivity (Wildman–Crippen MR) is 37.4 cm³/mol. The fraction of sp³-hybridized carbons (Fsp3) is 0.500. The summed E-state index contributed by atoms with van der Waals surface area (Å²) < 4.78 is 0. The molecule has 2 unspecified atom stereocenters. The number of aliphatic hydroxyl groups is 5. The number of carbonyl (C=O) groups excluding carboxylic acids is 1. The summed E-state index contributed by atoms with van der Waals surface area (Å²) in [7, 11) is 0. The summed E-state index contributed by atoms with van der Waals surface area (Å²) in [5.74, 6) is -2.32. The molecule has 0 heterocycles. The summed E-state index contributed by atoms with van der Waals surface area (Å²) in [5, 5.41) is 42.5. The van der Waals surface area contributed by atoms with Crippen LogP contribution in [0.2, 0.25) is 0 Å². The summed E-state index contributed by atoms with van der Waals surface area (Å²) in [6.07, 6.45) is -3.51. The molecule has 70 valence electrons. The molecule has 0 rings (SSSR count). The van der Waals surface area contributed by atoms with Gasteiger partial charge in [-0.15, -0.1) is 0 Å². The molecule has 0 saturated carbocycles.